The molecule has 0 bridgehead atoms. The minimum Gasteiger partial charge on any atom is -0.279 e. The smallest absolute Gasteiger partial charge is 0.279 e. The number of anilines is 1. The van der Waals surface area contributed by atoms with E-state index < -0.39 is 0 Å². The number of aryl methyl sites for hydroxylation is 2. The number of hydrazine groups is 1. The molecular formula is C15H21N5O. The highest BCUT2D eigenvalue weighted by Crippen LogP contribution is 2.15. The molecule has 1 heterocycles. The van der Waals surface area contributed by atoms with Crippen molar-refractivity contribution in [2.75, 3.05) is 11.6 Å². The predicted molar refractivity (Wildman–Crippen MR) is 83.6 cm³/mol. The average Bonchev–Trinajstić information content (AvgIpc) is 2.47. The van der Waals surface area contributed by atoms with Crippen molar-refractivity contribution in [3.05, 3.63) is 46.1 Å². The summed E-state index contributed by atoms with van der Waals surface area (Å²) in [7, 11) is 0. The maximum Gasteiger partial charge on any atom is 0.356 e. The molecule has 0 fully saturated rings. The van der Waals surface area contributed by atoms with Crippen molar-refractivity contribution >= 4 is 5.95 Å². The van der Waals surface area contributed by atoms with E-state index in [-0.39, 0.29) is 11.6 Å². The third-order valence-corrected chi connectivity index (χ3v) is 3.31. The van der Waals surface area contributed by atoms with Crippen LogP contribution < -0.4 is 16.5 Å². The first-order valence-corrected chi connectivity index (χ1v) is 7.16. The summed E-state index contributed by atoms with van der Waals surface area (Å²) in [6, 6.07) is 7.77. The number of hydrogen-bond acceptors (Lipinski definition) is 5. The first kappa shape index (κ1) is 15.2. The number of rotatable bonds is 5. The number of hydrogen-bond donors (Lipinski definition) is 1. The van der Waals surface area contributed by atoms with Gasteiger partial charge in [0.1, 0.15) is 5.82 Å². The molecule has 112 valence electrons. The molecule has 0 aliphatic heterocycles. The lowest BCUT2D eigenvalue weighted by Gasteiger charge is -2.18. The van der Waals surface area contributed by atoms with Crippen molar-refractivity contribution < 1.29 is 0 Å². The molecule has 1 aromatic heterocycles. The summed E-state index contributed by atoms with van der Waals surface area (Å²) in [5, 5.41) is 1.41. The van der Waals surface area contributed by atoms with Gasteiger partial charge in [0.25, 0.3) is 0 Å². The van der Waals surface area contributed by atoms with Gasteiger partial charge in [-0.1, -0.05) is 32.0 Å². The molecule has 0 amide bonds. The summed E-state index contributed by atoms with van der Waals surface area (Å²) in [4.78, 5) is 20.7. The van der Waals surface area contributed by atoms with Crippen molar-refractivity contribution in [2.24, 2.45) is 5.84 Å². The van der Waals surface area contributed by atoms with Gasteiger partial charge in [0, 0.05) is 6.54 Å². The van der Waals surface area contributed by atoms with Gasteiger partial charge < -0.3 is 0 Å². The maximum atomic E-state index is 12.4. The first-order valence-electron chi connectivity index (χ1n) is 7.16. The Balaban J connectivity index is 2.54. The summed E-state index contributed by atoms with van der Waals surface area (Å²) in [6.45, 7) is 6.45. The van der Waals surface area contributed by atoms with E-state index in [0.29, 0.717) is 12.4 Å². The molecule has 0 saturated carbocycles. The molecule has 0 unspecified atom stereocenters. The van der Waals surface area contributed by atoms with Crippen molar-refractivity contribution in [1.82, 2.24) is 14.5 Å². The molecule has 0 saturated heterocycles. The molecule has 2 rings (SSSR count). The fraction of sp³-hybridized carbons (Fsp3) is 0.400. The fourth-order valence-electron chi connectivity index (χ4n) is 2.27. The second kappa shape index (κ2) is 6.49. The number of nitrogens with zero attached hydrogens (tertiary/aromatic N) is 4. The zero-order chi connectivity index (χ0) is 15.4. The van der Waals surface area contributed by atoms with Crippen LogP contribution in [0.15, 0.2) is 29.1 Å². The molecule has 1 aromatic carbocycles. The van der Waals surface area contributed by atoms with Crippen LogP contribution in [-0.2, 0) is 6.42 Å². The van der Waals surface area contributed by atoms with Crippen molar-refractivity contribution in [3.63, 3.8) is 0 Å². The van der Waals surface area contributed by atoms with E-state index in [1.54, 1.807) is 6.92 Å². The molecule has 6 nitrogen and oxygen atoms in total. The quantitative estimate of drug-likeness (QED) is 0.667. The van der Waals surface area contributed by atoms with Crippen LogP contribution in [0.4, 0.5) is 5.95 Å². The van der Waals surface area contributed by atoms with Crippen LogP contribution in [-0.4, -0.2) is 21.1 Å². The van der Waals surface area contributed by atoms with Crippen LogP contribution >= 0.6 is 0 Å². The summed E-state index contributed by atoms with van der Waals surface area (Å²) in [5.41, 5.74) is 1.55. The topological polar surface area (TPSA) is 77.0 Å². The largest absolute Gasteiger partial charge is 0.356 e. The number of aromatic nitrogens is 3. The molecule has 6 heteroatoms. The van der Waals surface area contributed by atoms with Crippen molar-refractivity contribution in [2.45, 2.75) is 33.6 Å². The van der Waals surface area contributed by atoms with Gasteiger partial charge in [-0.2, -0.15) is 9.97 Å². The molecule has 2 aromatic rings. The van der Waals surface area contributed by atoms with Gasteiger partial charge in [-0.15, -0.1) is 0 Å². The van der Waals surface area contributed by atoms with Crippen LogP contribution in [0.3, 0.4) is 0 Å². The van der Waals surface area contributed by atoms with Crippen LogP contribution in [0.1, 0.15) is 31.7 Å². The maximum absolute atomic E-state index is 12.4. The van der Waals surface area contributed by atoms with E-state index in [1.165, 1.54) is 9.58 Å². The third-order valence-electron chi connectivity index (χ3n) is 3.31. The summed E-state index contributed by atoms with van der Waals surface area (Å²) >= 11 is 0. The Morgan fingerprint density at radius 3 is 2.57 bits per heavy atom. The van der Waals surface area contributed by atoms with Crippen molar-refractivity contribution in [3.8, 4) is 5.69 Å². The Labute approximate surface area is 124 Å². The molecule has 0 aliphatic rings. The van der Waals surface area contributed by atoms with Gasteiger partial charge in [-0.05, 0) is 31.4 Å². The van der Waals surface area contributed by atoms with Crippen LogP contribution in [0, 0.1) is 6.92 Å². The minimum atomic E-state index is -0.357. The van der Waals surface area contributed by atoms with Gasteiger partial charge in [-0.25, -0.2) is 15.2 Å². The Morgan fingerprint density at radius 1 is 1.24 bits per heavy atom. The SMILES string of the molecule is CCCN(N)c1nc(C)n(-c2ccccc2CC)c(=O)n1. The van der Waals surface area contributed by atoms with Crippen LogP contribution in [0.2, 0.25) is 0 Å². The van der Waals surface area contributed by atoms with Gasteiger partial charge in [0.2, 0.25) is 5.95 Å². The highest BCUT2D eigenvalue weighted by molar-refractivity contribution is 5.42. The predicted octanol–water partition coefficient (Wildman–Crippen LogP) is 1.59. The van der Waals surface area contributed by atoms with E-state index >= 15 is 0 Å². The van der Waals surface area contributed by atoms with Gasteiger partial charge in [0.05, 0.1) is 5.69 Å². The minimum absolute atomic E-state index is 0.268. The highest BCUT2D eigenvalue weighted by atomic mass is 16.1. The zero-order valence-corrected chi connectivity index (χ0v) is 12.7. The summed E-state index contributed by atoms with van der Waals surface area (Å²) < 4.78 is 1.53. The lowest BCUT2D eigenvalue weighted by molar-refractivity contribution is 0.727. The summed E-state index contributed by atoms with van der Waals surface area (Å²) in [6.07, 6.45) is 1.70. The Kier molecular flexibility index (Phi) is 4.70. The molecule has 2 N–H and O–H groups in total. The third kappa shape index (κ3) is 3.11. The van der Waals surface area contributed by atoms with E-state index in [4.69, 9.17) is 5.84 Å². The summed E-state index contributed by atoms with van der Waals surface area (Å²) in [5.74, 6) is 6.70. The van der Waals surface area contributed by atoms with E-state index in [1.807, 2.05) is 31.2 Å². The standard InChI is InChI=1S/C15H21N5O/c1-4-10-19(16)14-17-11(3)20(15(21)18-14)13-9-7-6-8-12(13)5-2/h6-9H,4-5,10,16H2,1-3H3. The first-order chi connectivity index (χ1) is 10.1. The molecule has 0 aliphatic carbocycles. The van der Waals surface area contributed by atoms with E-state index in [0.717, 1.165) is 24.1 Å². The highest BCUT2D eigenvalue weighted by Gasteiger charge is 2.13. The number of benzene rings is 1. The fourth-order valence-corrected chi connectivity index (χ4v) is 2.27. The molecule has 0 spiro atoms. The molecular weight excluding hydrogens is 266 g/mol. The second-order valence-corrected chi connectivity index (χ2v) is 4.86. The van der Waals surface area contributed by atoms with Gasteiger partial charge >= 0.3 is 5.69 Å². The lowest BCUT2D eigenvalue weighted by Crippen LogP contribution is -2.37. The van der Waals surface area contributed by atoms with E-state index in [9.17, 15) is 4.79 Å². The van der Waals surface area contributed by atoms with Crippen LogP contribution in [0.5, 0.6) is 0 Å². The van der Waals surface area contributed by atoms with Gasteiger partial charge in [-0.3, -0.25) is 5.01 Å². The Hall–Kier alpha value is -2.21. The Bertz CT molecular complexity index is 680. The monoisotopic (exact) mass is 287 g/mol. The average molecular weight is 287 g/mol. The second-order valence-electron chi connectivity index (χ2n) is 4.86. The molecule has 21 heavy (non-hydrogen) atoms. The zero-order valence-electron chi connectivity index (χ0n) is 12.7. The van der Waals surface area contributed by atoms with Gasteiger partial charge in [0.15, 0.2) is 0 Å². The van der Waals surface area contributed by atoms with Crippen molar-refractivity contribution in [1.29, 1.82) is 0 Å². The Morgan fingerprint density at radius 2 is 1.95 bits per heavy atom. The normalized spacial score (nSPS) is 10.7. The molecule has 0 radical (unpaired) electrons. The number of nitrogens with two attached hydrogens (primary N) is 1. The number of para-hydroxylation sites is 1. The van der Waals surface area contributed by atoms with E-state index in [2.05, 4.69) is 16.9 Å². The lowest BCUT2D eigenvalue weighted by atomic mass is 10.1. The van der Waals surface area contributed by atoms with Crippen LogP contribution in [0.25, 0.3) is 5.69 Å². The molecule has 0 atom stereocenters.